The number of ether oxygens (including phenoxy) is 1. The molecule has 1 amide bonds. The van der Waals surface area contributed by atoms with Crippen molar-refractivity contribution in [2.24, 2.45) is 0 Å². The molecule has 0 bridgehead atoms. The van der Waals surface area contributed by atoms with E-state index in [9.17, 15) is 9.18 Å². The highest BCUT2D eigenvalue weighted by Crippen LogP contribution is 2.23. The summed E-state index contributed by atoms with van der Waals surface area (Å²) in [4.78, 5) is 16.0. The summed E-state index contributed by atoms with van der Waals surface area (Å²) in [6.07, 6.45) is 4.80. The van der Waals surface area contributed by atoms with E-state index in [4.69, 9.17) is 4.74 Å². The summed E-state index contributed by atoms with van der Waals surface area (Å²) in [7, 11) is 0. The van der Waals surface area contributed by atoms with Crippen molar-refractivity contribution in [3.8, 4) is 11.4 Å². The molecule has 2 aromatic carbocycles. The highest BCUT2D eigenvalue weighted by atomic mass is 19.1. The van der Waals surface area contributed by atoms with Gasteiger partial charge in [0.1, 0.15) is 11.6 Å². The number of nitrogens with zero attached hydrogens (tertiary/aromatic N) is 2. The Kier molecular flexibility index (Phi) is 6.09. The molecular weight excluding hydrogens is 357 g/mol. The van der Waals surface area contributed by atoms with Crippen LogP contribution in [0.2, 0.25) is 0 Å². The standard InChI is InChI=1S/C22H24FN3O2/c1-15(2)19-6-5-18(10-16(19)3)28-13-22(27)25-12-17-4-7-21(20(23)11-17)26-9-8-24-14-26/h4-11,14-15H,12-13H2,1-3H3,(H,25,27). The van der Waals surface area contributed by atoms with Crippen LogP contribution >= 0.6 is 0 Å². The van der Waals surface area contributed by atoms with Crippen molar-refractivity contribution in [2.45, 2.75) is 33.2 Å². The Morgan fingerprint density at radius 2 is 2.07 bits per heavy atom. The second-order valence-electron chi connectivity index (χ2n) is 6.99. The van der Waals surface area contributed by atoms with Crippen LogP contribution in [0.3, 0.4) is 0 Å². The van der Waals surface area contributed by atoms with Gasteiger partial charge in [-0.05, 0) is 53.8 Å². The van der Waals surface area contributed by atoms with E-state index in [-0.39, 0.29) is 24.9 Å². The van der Waals surface area contributed by atoms with Crippen LogP contribution in [0.15, 0.2) is 55.1 Å². The number of nitrogens with one attached hydrogen (secondary N) is 1. The van der Waals surface area contributed by atoms with Gasteiger partial charge in [-0.25, -0.2) is 9.37 Å². The summed E-state index contributed by atoms with van der Waals surface area (Å²) in [6, 6.07) is 10.7. The first-order valence-corrected chi connectivity index (χ1v) is 9.21. The third-order valence-corrected chi connectivity index (χ3v) is 4.52. The molecule has 1 aromatic heterocycles. The van der Waals surface area contributed by atoms with Gasteiger partial charge < -0.3 is 14.6 Å². The average molecular weight is 381 g/mol. The number of amides is 1. The maximum Gasteiger partial charge on any atom is 0.258 e. The van der Waals surface area contributed by atoms with Crippen molar-refractivity contribution in [2.75, 3.05) is 6.61 Å². The van der Waals surface area contributed by atoms with Gasteiger partial charge in [0.2, 0.25) is 0 Å². The Balaban J connectivity index is 1.52. The number of aryl methyl sites for hydroxylation is 1. The molecule has 0 radical (unpaired) electrons. The molecule has 0 aliphatic carbocycles. The van der Waals surface area contributed by atoms with Gasteiger partial charge in [0, 0.05) is 18.9 Å². The van der Waals surface area contributed by atoms with Crippen LogP contribution in [-0.2, 0) is 11.3 Å². The van der Waals surface area contributed by atoms with E-state index in [0.29, 0.717) is 22.9 Å². The fourth-order valence-electron chi connectivity index (χ4n) is 3.06. The molecule has 0 atom stereocenters. The van der Waals surface area contributed by atoms with Crippen molar-refractivity contribution >= 4 is 5.91 Å². The summed E-state index contributed by atoms with van der Waals surface area (Å²) >= 11 is 0. The summed E-state index contributed by atoms with van der Waals surface area (Å²) in [5.41, 5.74) is 3.49. The van der Waals surface area contributed by atoms with E-state index in [1.54, 1.807) is 29.1 Å². The average Bonchev–Trinajstić information content (AvgIpc) is 3.19. The monoisotopic (exact) mass is 381 g/mol. The minimum absolute atomic E-state index is 0.0872. The van der Waals surface area contributed by atoms with E-state index >= 15 is 0 Å². The van der Waals surface area contributed by atoms with Crippen LogP contribution < -0.4 is 10.1 Å². The first-order chi connectivity index (χ1) is 13.4. The molecule has 3 aromatic rings. The number of imidazole rings is 1. The quantitative estimate of drug-likeness (QED) is 0.669. The van der Waals surface area contributed by atoms with Gasteiger partial charge in [-0.3, -0.25) is 4.79 Å². The molecule has 0 spiro atoms. The predicted molar refractivity (Wildman–Crippen MR) is 106 cm³/mol. The van der Waals surface area contributed by atoms with Crippen molar-refractivity contribution in [3.05, 3.63) is 77.6 Å². The van der Waals surface area contributed by atoms with Crippen molar-refractivity contribution < 1.29 is 13.9 Å². The first kappa shape index (κ1) is 19.6. The Hall–Kier alpha value is -3.15. The maximum absolute atomic E-state index is 14.2. The molecular formula is C22H24FN3O2. The molecule has 0 saturated heterocycles. The minimum Gasteiger partial charge on any atom is -0.484 e. The largest absolute Gasteiger partial charge is 0.484 e. The topological polar surface area (TPSA) is 56.1 Å². The second-order valence-corrected chi connectivity index (χ2v) is 6.99. The lowest BCUT2D eigenvalue weighted by Gasteiger charge is -2.12. The molecule has 5 nitrogen and oxygen atoms in total. The lowest BCUT2D eigenvalue weighted by molar-refractivity contribution is -0.123. The molecule has 0 unspecified atom stereocenters. The Labute approximate surface area is 164 Å². The zero-order valence-electron chi connectivity index (χ0n) is 16.3. The van der Waals surface area contributed by atoms with Crippen LogP contribution in [0.5, 0.6) is 5.75 Å². The number of hydrogen-bond donors (Lipinski definition) is 1. The van der Waals surface area contributed by atoms with Crippen LogP contribution in [0.4, 0.5) is 4.39 Å². The van der Waals surface area contributed by atoms with Gasteiger partial charge in [-0.15, -0.1) is 0 Å². The molecule has 1 heterocycles. The molecule has 0 aliphatic rings. The number of hydrogen-bond acceptors (Lipinski definition) is 3. The maximum atomic E-state index is 14.2. The summed E-state index contributed by atoms with van der Waals surface area (Å²) in [6.45, 7) is 6.46. The number of carbonyl (C=O) groups excluding carboxylic acids is 1. The van der Waals surface area contributed by atoms with Crippen LogP contribution in [0.1, 0.15) is 36.5 Å². The second kappa shape index (κ2) is 8.69. The molecule has 0 aliphatic heterocycles. The molecule has 28 heavy (non-hydrogen) atoms. The Bertz CT molecular complexity index is 952. The lowest BCUT2D eigenvalue weighted by atomic mass is 9.98. The Morgan fingerprint density at radius 1 is 1.25 bits per heavy atom. The van der Waals surface area contributed by atoms with E-state index in [1.807, 2.05) is 25.1 Å². The van der Waals surface area contributed by atoms with Gasteiger partial charge in [-0.1, -0.05) is 26.0 Å². The zero-order chi connectivity index (χ0) is 20.1. The third kappa shape index (κ3) is 4.76. The van der Waals surface area contributed by atoms with Crippen molar-refractivity contribution in [1.29, 1.82) is 0 Å². The van der Waals surface area contributed by atoms with Crippen molar-refractivity contribution in [1.82, 2.24) is 14.9 Å². The predicted octanol–water partition coefficient (Wildman–Crippen LogP) is 4.14. The number of halogens is 1. The first-order valence-electron chi connectivity index (χ1n) is 9.21. The van der Waals surface area contributed by atoms with E-state index in [1.165, 1.54) is 18.0 Å². The minimum atomic E-state index is -0.373. The van der Waals surface area contributed by atoms with Gasteiger partial charge in [0.05, 0.1) is 12.0 Å². The van der Waals surface area contributed by atoms with Crippen LogP contribution in [0, 0.1) is 12.7 Å². The molecule has 0 fully saturated rings. The number of benzene rings is 2. The Morgan fingerprint density at radius 3 is 2.71 bits per heavy atom. The van der Waals surface area contributed by atoms with Crippen LogP contribution in [0.25, 0.3) is 5.69 Å². The summed E-state index contributed by atoms with van der Waals surface area (Å²) in [5.74, 6) is 0.470. The van der Waals surface area contributed by atoms with Crippen LogP contribution in [-0.4, -0.2) is 22.1 Å². The van der Waals surface area contributed by atoms with Gasteiger partial charge >= 0.3 is 0 Å². The van der Waals surface area contributed by atoms with Crippen molar-refractivity contribution in [3.63, 3.8) is 0 Å². The number of rotatable bonds is 7. The number of carbonyl (C=O) groups is 1. The molecule has 6 heteroatoms. The fraction of sp³-hybridized carbons (Fsp3) is 0.273. The van der Waals surface area contributed by atoms with E-state index in [0.717, 1.165) is 5.56 Å². The molecule has 1 N–H and O–H groups in total. The van der Waals surface area contributed by atoms with Gasteiger partial charge in [-0.2, -0.15) is 0 Å². The molecule has 0 saturated carbocycles. The lowest BCUT2D eigenvalue weighted by Crippen LogP contribution is -2.28. The van der Waals surface area contributed by atoms with Gasteiger partial charge in [0.15, 0.2) is 6.61 Å². The van der Waals surface area contributed by atoms with E-state index < -0.39 is 0 Å². The summed E-state index contributed by atoms with van der Waals surface area (Å²) in [5, 5.41) is 2.75. The number of aromatic nitrogens is 2. The normalized spacial score (nSPS) is 10.9. The summed E-state index contributed by atoms with van der Waals surface area (Å²) < 4.78 is 21.4. The highest BCUT2D eigenvalue weighted by molar-refractivity contribution is 5.77. The smallest absolute Gasteiger partial charge is 0.258 e. The zero-order valence-corrected chi connectivity index (χ0v) is 16.3. The SMILES string of the molecule is Cc1cc(OCC(=O)NCc2ccc(-n3ccnc3)c(F)c2)ccc1C(C)C. The van der Waals surface area contributed by atoms with E-state index in [2.05, 4.69) is 24.1 Å². The highest BCUT2D eigenvalue weighted by Gasteiger charge is 2.09. The molecule has 3 rings (SSSR count). The van der Waals surface area contributed by atoms with Gasteiger partial charge in [0.25, 0.3) is 5.91 Å². The third-order valence-electron chi connectivity index (χ3n) is 4.52. The molecule has 146 valence electrons. The fourth-order valence-corrected chi connectivity index (χ4v) is 3.06.